The molecule has 1 aliphatic carbocycles. The molecule has 3 rings (SSSR count). The lowest BCUT2D eigenvalue weighted by molar-refractivity contribution is 0.428. The van der Waals surface area contributed by atoms with Crippen LogP contribution >= 0.6 is 0 Å². The van der Waals surface area contributed by atoms with Crippen molar-refractivity contribution in [2.45, 2.75) is 84.5 Å². The van der Waals surface area contributed by atoms with Gasteiger partial charge in [-0.3, -0.25) is 0 Å². The Morgan fingerprint density at radius 2 is 1.70 bits per heavy atom. The van der Waals surface area contributed by atoms with Crippen molar-refractivity contribution in [3.8, 4) is 0 Å². The molecule has 0 radical (unpaired) electrons. The van der Waals surface area contributed by atoms with Crippen LogP contribution in [0.5, 0.6) is 0 Å². The zero-order valence-corrected chi connectivity index (χ0v) is 19.5. The van der Waals surface area contributed by atoms with Crippen molar-refractivity contribution in [3.63, 3.8) is 0 Å². The molecule has 0 saturated heterocycles. The minimum atomic E-state index is 0.305. The topological polar surface area (TPSA) is 0 Å². The molecule has 0 aliphatic heterocycles. The van der Waals surface area contributed by atoms with E-state index in [9.17, 15) is 0 Å². The van der Waals surface area contributed by atoms with Gasteiger partial charge in [0, 0.05) is 5.92 Å². The van der Waals surface area contributed by atoms with Gasteiger partial charge < -0.3 is 0 Å². The zero-order chi connectivity index (χ0) is 21.5. The van der Waals surface area contributed by atoms with Gasteiger partial charge in [-0.05, 0) is 71.1 Å². The zero-order valence-electron chi connectivity index (χ0n) is 19.5. The second-order valence-corrected chi connectivity index (χ2v) is 9.33. The smallest absolute Gasteiger partial charge is 0.00641 e. The van der Waals surface area contributed by atoms with Gasteiger partial charge in [0.05, 0.1) is 0 Å². The summed E-state index contributed by atoms with van der Waals surface area (Å²) in [6.45, 7) is 15.5. The molecule has 1 fully saturated rings. The Balaban J connectivity index is 1.87. The quantitative estimate of drug-likeness (QED) is 0.387. The maximum atomic E-state index is 4.54. The molecule has 0 unspecified atom stereocenters. The predicted octanol–water partition coefficient (Wildman–Crippen LogP) is 9.14. The Morgan fingerprint density at radius 1 is 1.00 bits per heavy atom. The lowest BCUT2D eigenvalue weighted by Gasteiger charge is -2.23. The molecular weight excluding hydrogens is 360 g/mol. The van der Waals surface area contributed by atoms with Crippen LogP contribution in [0.15, 0.2) is 55.6 Å². The van der Waals surface area contributed by atoms with Crippen LogP contribution in [0.1, 0.15) is 98.9 Å². The summed E-state index contributed by atoms with van der Waals surface area (Å²) in [6.07, 6.45) is 12.1. The molecule has 2 aromatic carbocycles. The fourth-order valence-corrected chi connectivity index (χ4v) is 5.02. The van der Waals surface area contributed by atoms with Gasteiger partial charge in [0.2, 0.25) is 0 Å². The van der Waals surface area contributed by atoms with Crippen LogP contribution in [0, 0.1) is 12.8 Å². The average Bonchev–Trinajstić information content (AvgIpc) is 3.05. The summed E-state index contributed by atoms with van der Waals surface area (Å²) in [5.74, 6) is 1.21. The van der Waals surface area contributed by atoms with Crippen molar-refractivity contribution >= 4 is 11.1 Å². The monoisotopic (exact) mass is 400 g/mol. The molecule has 0 heteroatoms. The van der Waals surface area contributed by atoms with Crippen molar-refractivity contribution in [1.29, 1.82) is 0 Å². The van der Waals surface area contributed by atoms with Crippen molar-refractivity contribution < 1.29 is 0 Å². The summed E-state index contributed by atoms with van der Waals surface area (Å²) >= 11 is 0. The second-order valence-electron chi connectivity index (χ2n) is 9.33. The highest BCUT2D eigenvalue weighted by Crippen LogP contribution is 2.36. The first-order valence-corrected chi connectivity index (χ1v) is 12.1. The first-order chi connectivity index (χ1) is 14.5. The normalized spacial score (nSPS) is 16.1. The lowest BCUT2D eigenvalue weighted by Crippen LogP contribution is -2.07. The Bertz CT molecular complexity index is 861. The Morgan fingerprint density at radius 3 is 2.37 bits per heavy atom. The van der Waals surface area contributed by atoms with Crippen LogP contribution in [0.3, 0.4) is 0 Å². The summed E-state index contributed by atoms with van der Waals surface area (Å²) in [4.78, 5) is 0. The van der Waals surface area contributed by atoms with Crippen LogP contribution < -0.4 is 0 Å². The predicted molar refractivity (Wildman–Crippen MR) is 134 cm³/mol. The summed E-state index contributed by atoms with van der Waals surface area (Å²) in [6, 6.07) is 15.7. The van der Waals surface area contributed by atoms with Gasteiger partial charge in [-0.1, -0.05) is 108 Å². The molecule has 0 bridgehead atoms. The number of rotatable bonds is 8. The van der Waals surface area contributed by atoms with E-state index in [1.54, 1.807) is 0 Å². The average molecular weight is 401 g/mol. The third kappa shape index (κ3) is 5.54. The van der Waals surface area contributed by atoms with Gasteiger partial charge in [0.1, 0.15) is 0 Å². The van der Waals surface area contributed by atoms with E-state index < -0.39 is 0 Å². The highest BCUT2D eigenvalue weighted by Gasteiger charge is 2.19. The van der Waals surface area contributed by atoms with E-state index in [1.807, 2.05) is 0 Å². The molecule has 2 aromatic rings. The van der Waals surface area contributed by atoms with E-state index in [2.05, 4.69) is 76.4 Å². The first kappa shape index (κ1) is 22.6. The number of aryl methyl sites for hydroxylation is 2. The molecule has 0 nitrogen and oxygen atoms in total. The maximum Gasteiger partial charge on any atom is 0.00641 e. The minimum absolute atomic E-state index is 0.305. The highest BCUT2D eigenvalue weighted by atomic mass is 14.2. The van der Waals surface area contributed by atoms with Crippen LogP contribution in [-0.4, -0.2) is 0 Å². The number of allylic oxidation sites excluding steroid dienone is 2. The molecule has 1 atom stereocenters. The van der Waals surface area contributed by atoms with Crippen molar-refractivity contribution in [2.75, 3.05) is 0 Å². The van der Waals surface area contributed by atoms with Gasteiger partial charge >= 0.3 is 0 Å². The number of hydrogen-bond donors (Lipinski definition) is 0. The van der Waals surface area contributed by atoms with E-state index in [1.165, 1.54) is 90.3 Å². The molecule has 0 heterocycles. The molecule has 1 saturated carbocycles. The number of benzene rings is 2. The van der Waals surface area contributed by atoms with Crippen molar-refractivity contribution in [3.05, 3.63) is 83.4 Å². The first-order valence-electron chi connectivity index (χ1n) is 12.1. The molecule has 160 valence electrons. The van der Waals surface area contributed by atoms with Gasteiger partial charge in [-0.15, -0.1) is 0 Å². The van der Waals surface area contributed by atoms with E-state index in [4.69, 9.17) is 0 Å². The van der Waals surface area contributed by atoms with Gasteiger partial charge in [0.15, 0.2) is 0 Å². The Kier molecular flexibility index (Phi) is 8.14. The molecular formula is C30H40. The molecule has 0 aromatic heterocycles. The Hall–Kier alpha value is -2.08. The van der Waals surface area contributed by atoms with Crippen LogP contribution in [0.25, 0.3) is 11.1 Å². The molecule has 1 aliphatic rings. The summed E-state index contributed by atoms with van der Waals surface area (Å²) in [5.41, 5.74) is 9.29. The summed E-state index contributed by atoms with van der Waals surface area (Å²) in [5, 5.41) is 0. The van der Waals surface area contributed by atoms with Crippen LogP contribution in [-0.2, 0) is 6.42 Å². The second kappa shape index (κ2) is 10.8. The summed E-state index contributed by atoms with van der Waals surface area (Å²) in [7, 11) is 0. The highest BCUT2D eigenvalue weighted by molar-refractivity contribution is 5.73. The van der Waals surface area contributed by atoms with Crippen molar-refractivity contribution in [1.82, 2.24) is 0 Å². The maximum absolute atomic E-state index is 4.54. The van der Waals surface area contributed by atoms with Gasteiger partial charge in [0.25, 0.3) is 0 Å². The Labute approximate surface area is 185 Å². The fourth-order valence-electron chi connectivity index (χ4n) is 5.02. The van der Waals surface area contributed by atoms with E-state index in [-0.39, 0.29) is 0 Å². The van der Waals surface area contributed by atoms with Crippen LogP contribution in [0.4, 0.5) is 0 Å². The largest absolute Gasteiger partial charge is 0.0952 e. The van der Waals surface area contributed by atoms with E-state index >= 15 is 0 Å². The van der Waals surface area contributed by atoms with E-state index in [0.29, 0.717) is 5.92 Å². The third-order valence-electron chi connectivity index (χ3n) is 7.26. The number of hydrogen-bond acceptors (Lipinski definition) is 0. The van der Waals surface area contributed by atoms with E-state index in [0.717, 1.165) is 12.3 Å². The minimum Gasteiger partial charge on any atom is -0.0952 e. The molecule has 0 spiro atoms. The van der Waals surface area contributed by atoms with Crippen LogP contribution in [0.2, 0.25) is 0 Å². The standard InChI is InChI=1S/C30H40/c1-6-22(2)28-20-19-27(18-17-26-14-9-7-8-10-15-26)30(21-28)25(5)24(4)29-16-12-11-13-23(29)3/h11-13,16,19-21,25-26H,2,4,6-10,14-15,17-18H2,1,3,5H3/t25-/m0/s1. The van der Waals surface area contributed by atoms with Crippen molar-refractivity contribution in [2.24, 2.45) is 5.92 Å². The SMILES string of the molecule is C=C(CC)c1ccc(CCC2CCCCCC2)c([C@@H](C)C(=C)c2ccccc2C)c1. The fraction of sp³-hybridized carbons (Fsp3) is 0.467. The third-order valence-corrected chi connectivity index (χ3v) is 7.26. The van der Waals surface area contributed by atoms with Gasteiger partial charge in [-0.25, -0.2) is 0 Å². The summed E-state index contributed by atoms with van der Waals surface area (Å²) < 4.78 is 0. The van der Waals surface area contributed by atoms with Gasteiger partial charge in [-0.2, -0.15) is 0 Å². The molecule has 0 amide bonds. The molecule has 0 N–H and O–H groups in total. The molecule has 30 heavy (non-hydrogen) atoms. The lowest BCUT2D eigenvalue weighted by atomic mass is 9.82.